The molecule has 42 heavy (non-hydrogen) atoms. The Morgan fingerprint density at radius 2 is 1.50 bits per heavy atom. The van der Waals surface area contributed by atoms with Crippen molar-refractivity contribution in [3.05, 3.63) is 91.8 Å². The zero-order chi connectivity index (χ0) is 30.4. The van der Waals surface area contributed by atoms with Crippen LogP contribution in [0.1, 0.15) is 44.7 Å². The first-order chi connectivity index (χ1) is 19.8. The molecule has 3 unspecified atom stereocenters. The van der Waals surface area contributed by atoms with Gasteiger partial charge in [0.25, 0.3) is 0 Å². The molecule has 1 N–H and O–H groups in total. The second-order valence-electron chi connectivity index (χ2n) is 11.1. The number of carbonyl (C=O) groups excluding carboxylic acids is 1. The highest BCUT2D eigenvalue weighted by Gasteiger charge is 2.63. The van der Waals surface area contributed by atoms with E-state index in [2.05, 4.69) is 5.32 Å². The molecule has 2 heterocycles. The third kappa shape index (κ3) is 5.32. The second kappa shape index (κ2) is 12.1. The molecular weight excluding hydrogens is 640 g/mol. The van der Waals surface area contributed by atoms with E-state index in [9.17, 15) is 13.2 Å². The van der Waals surface area contributed by atoms with Crippen molar-refractivity contribution in [2.75, 3.05) is 19.7 Å². The number of halogens is 4. The SMILES string of the molecule is CCOC1C=C(Cl)C(S(=O)(=O)N2CCCC2)=CC1C1N[C@@](C)(c2ccc(Cl)cc2)[C@@](C)(c2ccc(Cl)cc2)N1C(=O)Cl. The Labute approximate surface area is 267 Å². The molecule has 0 saturated carbocycles. The number of hydrogen-bond acceptors (Lipinski definition) is 5. The Bertz CT molecular complexity index is 1510. The van der Waals surface area contributed by atoms with Crippen LogP contribution in [0.5, 0.6) is 0 Å². The summed E-state index contributed by atoms with van der Waals surface area (Å²) in [5, 5.41) is 4.19. The van der Waals surface area contributed by atoms with Gasteiger partial charge < -0.3 is 9.64 Å². The lowest BCUT2D eigenvalue weighted by Gasteiger charge is -2.45. The lowest BCUT2D eigenvalue weighted by molar-refractivity contribution is 0.0296. The first-order valence-electron chi connectivity index (χ1n) is 13.8. The summed E-state index contributed by atoms with van der Waals surface area (Å²) in [4.78, 5) is 15.1. The average Bonchev–Trinajstić information content (AvgIpc) is 3.57. The van der Waals surface area contributed by atoms with Crippen molar-refractivity contribution in [1.82, 2.24) is 14.5 Å². The Hall–Kier alpha value is -1.62. The second-order valence-corrected chi connectivity index (χ2v) is 14.6. The lowest BCUT2D eigenvalue weighted by Crippen LogP contribution is -2.54. The van der Waals surface area contributed by atoms with Crippen molar-refractivity contribution in [3.8, 4) is 0 Å². The van der Waals surface area contributed by atoms with Crippen LogP contribution in [0.2, 0.25) is 10.0 Å². The van der Waals surface area contributed by atoms with Gasteiger partial charge in [-0.15, -0.1) is 0 Å². The van der Waals surface area contributed by atoms with Gasteiger partial charge in [-0.2, -0.15) is 4.31 Å². The molecular formula is C30H33Cl4N3O4S. The van der Waals surface area contributed by atoms with E-state index < -0.39 is 44.7 Å². The highest BCUT2D eigenvalue weighted by Crippen LogP contribution is 2.53. The summed E-state index contributed by atoms with van der Waals surface area (Å²) in [5.41, 5.74) is -0.372. The zero-order valence-corrected chi connectivity index (χ0v) is 27.3. The molecule has 2 aromatic rings. The molecule has 2 saturated heterocycles. The predicted molar refractivity (Wildman–Crippen MR) is 168 cm³/mol. The van der Waals surface area contributed by atoms with Gasteiger partial charge in [-0.05, 0) is 86.7 Å². The molecule has 3 aliphatic rings. The van der Waals surface area contributed by atoms with Gasteiger partial charge in [-0.3, -0.25) is 10.1 Å². The molecule has 226 valence electrons. The number of sulfonamides is 1. The van der Waals surface area contributed by atoms with Crippen molar-refractivity contribution in [2.45, 2.75) is 57.0 Å². The molecule has 12 heteroatoms. The van der Waals surface area contributed by atoms with Crippen LogP contribution >= 0.6 is 46.4 Å². The summed E-state index contributed by atoms with van der Waals surface area (Å²) in [7, 11) is -3.88. The largest absolute Gasteiger partial charge is 0.374 e. The number of ether oxygens (including phenoxy) is 1. The Morgan fingerprint density at radius 3 is 2.02 bits per heavy atom. The highest BCUT2D eigenvalue weighted by atomic mass is 35.5. The monoisotopic (exact) mass is 671 g/mol. The minimum absolute atomic E-state index is 0.00378. The lowest BCUT2D eigenvalue weighted by atomic mass is 9.71. The van der Waals surface area contributed by atoms with Crippen LogP contribution in [-0.4, -0.2) is 55.0 Å². The quantitative estimate of drug-likeness (QED) is 0.249. The average molecular weight is 673 g/mol. The number of nitrogens with zero attached hydrogens (tertiary/aromatic N) is 2. The number of rotatable bonds is 7. The van der Waals surface area contributed by atoms with E-state index in [-0.39, 0.29) is 9.94 Å². The van der Waals surface area contributed by atoms with Crippen LogP contribution in [0.25, 0.3) is 0 Å². The van der Waals surface area contributed by atoms with Crippen LogP contribution in [0, 0.1) is 5.92 Å². The number of allylic oxidation sites excluding steroid dienone is 1. The van der Waals surface area contributed by atoms with Crippen LogP contribution in [0.15, 0.2) is 70.6 Å². The van der Waals surface area contributed by atoms with E-state index in [1.165, 1.54) is 4.31 Å². The number of benzene rings is 2. The van der Waals surface area contributed by atoms with E-state index >= 15 is 0 Å². The summed E-state index contributed by atoms with van der Waals surface area (Å²) in [6, 6.07) is 14.6. The molecule has 5 atom stereocenters. The molecule has 1 amide bonds. The first-order valence-corrected chi connectivity index (χ1v) is 16.8. The molecule has 0 spiro atoms. The van der Waals surface area contributed by atoms with E-state index in [1.807, 2.05) is 45.0 Å². The topological polar surface area (TPSA) is 79.0 Å². The molecule has 5 rings (SSSR count). The van der Waals surface area contributed by atoms with Gasteiger partial charge in [-0.25, -0.2) is 8.42 Å². The van der Waals surface area contributed by atoms with Crippen LogP contribution < -0.4 is 5.32 Å². The smallest absolute Gasteiger partial charge is 0.318 e. The van der Waals surface area contributed by atoms with Crippen molar-refractivity contribution < 1.29 is 17.9 Å². The van der Waals surface area contributed by atoms with Crippen molar-refractivity contribution in [1.29, 1.82) is 0 Å². The molecule has 0 aromatic heterocycles. The summed E-state index contributed by atoms with van der Waals surface area (Å²) in [6.45, 7) is 6.98. The minimum Gasteiger partial charge on any atom is -0.374 e. The zero-order valence-electron chi connectivity index (χ0n) is 23.5. The van der Waals surface area contributed by atoms with E-state index in [0.717, 1.165) is 24.0 Å². The van der Waals surface area contributed by atoms with Crippen LogP contribution in [0.3, 0.4) is 0 Å². The molecule has 0 bridgehead atoms. The van der Waals surface area contributed by atoms with Gasteiger partial charge in [-0.1, -0.05) is 65.1 Å². The number of nitrogens with one attached hydrogen (secondary N) is 1. The summed E-state index contributed by atoms with van der Waals surface area (Å²) < 4.78 is 35.0. The maximum Gasteiger partial charge on any atom is 0.318 e. The molecule has 2 aliphatic heterocycles. The fraction of sp³-hybridized carbons (Fsp3) is 0.433. The standard InChI is InChI=1S/C30H33Cl4N3O4S/c1-4-41-25-18-24(33)26(42(39,40)36-15-5-6-16-36)17-23(25)27-35-29(2,19-7-11-21(31)12-8-19)30(3,37(27)28(34)38)20-9-13-22(32)14-10-20/h7-14,17-18,23,25,27,35H,4-6,15-16H2,1-3H3/t23?,25?,27?,29-,30+/m0/s1. The predicted octanol–water partition coefficient (Wildman–Crippen LogP) is 7.18. The van der Waals surface area contributed by atoms with E-state index in [4.69, 9.17) is 51.1 Å². The number of hydrogen-bond donors (Lipinski definition) is 1. The van der Waals surface area contributed by atoms with Crippen molar-refractivity contribution in [2.24, 2.45) is 5.92 Å². The maximum atomic E-state index is 13.7. The van der Waals surface area contributed by atoms with Gasteiger partial charge in [0.05, 0.1) is 33.3 Å². The van der Waals surface area contributed by atoms with Gasteiger partial charge in [0.2, 0.25) is 10.0 Å². The summed E-state index contributed by atoms with van der Waals surface area (Å²) in [5.74, 6) is -0.664. The third-order valence-electron chi connectivity index (χ3n) is 8.86. The number of amides is 1. The third-order valence-corrected chi connectivity index (χ3v) is 11.9. The normalized spacial score (nSPS) is 30.4. The Morgan fingerprint density at radius 1 is 0.952 bits per heavy atom. The molecule has 2 fully saturated rings. The molecule has 2 aromatic carbocycles. The Kier molecular flexibility index (Phi) is 9.12. The minimum atomic E-state index is -3.88. The first kappa shape index (κ1) is 31.8. The Balaban J connectivity index is 1.71. The maximum absolute atomic E-state index is 13.7. The van der Waals surface area contributed by atoms with Gasteiger partial charge in [0.15, 0.2) is 0 Å². The molecule has 1 aliphatic carbocycles. The van der Waals surface area contributed by atoms with Gasteiger partial charge >= 0.3 is 5.37 Å². The highest BCUT2D eigenvalue weighted by molar-refractivity contribution is 7.93. The van der Waals surface area contributed by atoms with Gasteiger partial charge in [0, 0.05) is 35.7 Å². The fourth-order valence-electron chi connectivity index (χ4n) is 6.51. The summed E-state index contributed by atoms with van der Waals surface area (Å²) in [6.07, 6.45) is 3.38. The molecule has 0 radical (unpaired) electrons. The van der Waals surface area contributed by atoms with Crippen LogP contribution in [-0.2, 0) is 25.8 Å². The van der Waals surface area contributed by atoms with Crippen molar-refractivity contribution in [3.63, 3.8) is 0 Å². The molecule has 7 nitrogen and oxygen atoms in total. The fourth-order valence-corrected chi connectivity index (χ4v) is 9.18. The van der Waals surface area contributed by atoms with Crippen LogP contribution in [0.4, 0.5) is 4.79 Å². The van der Waals surface area contributed by atoms with E-state index in [1.54, 1.807) is 41.3 Å². The van der Waals surface area contributed by atoms with Crippen molar-refractivity contribution >= 4 is 61.8 Å². The van der Waals surface area contributed by atoms with Gasteiger partial charge in [0.1, 0.15) is 0 Å². The van der Waals surface area contributed by atoms with E-state index in [0.29, 0.717) is 29.7 Å². The number of carbonyl (C=O) groups is 1. The summed E-state index contributed by atoms with van der Waals surface area (Å²) >= 11 is 25.6.